The Hall–Kier alpha value is -2.50. The predicted molar refractivity (Wildman–Crippen MR) is 103 cm³/mol. The summed E-state index contributed by atoms with van der Waals surface area (Å²) in [6, 6.07) is 14.7. The molecule has 7 heteroatoms. The van der Waals surface area contributed by atoms with Gasteiger partial charge in [-0.05, 0) is 49.4 Å². The Morgan fingerprint density at radius 3 is 2.28 bits per heavy atom. The Balaban J connectivity index is 1.81. The summed E-state index contributed by atoms with van der Waals surface area (Å²) in [5, 5.41) is 7.58. The van der Waals surface area contributed by atoms with Gasteiger partial charge in [0.1, 0.15) is 11.6 Å². The van der Waals surface area contributed by atoms with E-state index in [0.29, 0.717) is 27.6 Å². The molecule has 0 saturated heterocycles. The van der Waals surface area contributed by atoms with Gasteiger partial charge in [-0.3, -0.25) is 0 Å². The molecule has 0 atom stereocenters. The molecule has 0 aliphatic carbocycles. The molecule has 2 aromatic carbocycles. The number of hydrogen-bond donors (Lipinski definition) is 2. The molecule has 0 aliphatic rings. The molecule has 0 aliphatic heterocycles. The van der Waals surface area contributed by atoms with Crippen molar-refractivity contribution in [3.05, 3.63) is 64.3 Å². The first-order valence-electron chi connectivity index (χ1n) is 7.52. The van der Waals surface area contributed by atoms with Gasteiger partial charge in [0.2, 0.25) is 5.95 Å². The van der Waals surface area contributed by atoms with E-state index < -0.39 is 0 Å². The van der Waals surface area contributed by atoms with Crippen molar-refractivity contribution < 1.29 is 4.74 Å². The molecular formula is C18H16Cl2N4O. The molecule has 0 bridgehead atoms. The molecule has 0 radical (unpaired) electrons. The van der Waals surface area contributed by atoms with Gasteiger partial charge in [0, 0.05) is 28.2 Å². The molecule has 2 N–H and O–H groups in total. The summed E-state index contributed by atoms with van der Waals surface area (Å²) >= 11 is 12.1. The van der Waals surface area contributed by atoms with Crippen LogP contribution in [0.2, 0.25) is 10.0 Å². The molecule has 5 nitrogen and oxygen atoms in total. The molecule has 0 fully saturated rings. The zero-order chi connectivity index (χ0) is 17.8. The third-order valence-corrected chi connectivity index (χ3v) is 3.93. The van der Waals surface area contributed by atoms with Gasteiger partial charge in [0.15, 0.2) is 0 Å². The fraction of sp³-hybridized carbons (Fsp3) is 0.111. The number of rotatable bonds is 5. The van der Waals surface area contributed by atoms with Crippen molar-refractivity contribution in [2.75, 3.05) is 17.7 Å². The summed E-state index contributed by atoms with van der Waals surface area (Å²) in [5.41, 5.74) is 2.49. The number of halogens is 2. The predicted octanol–water partition coefficient (Wildman–Crippen LogP) is 5.59. The summed E-state index contributed by atoms with van der Waals surface area (Å²) < 4.78 is 5.15. The zero-order valence-electron chi connectivity index (χ0n) is 13.7. The second-order valence-electron chi connectivity index (χ2n) is 5.32. The first-order valence-corrected chi connectivity index (χ1v) is 8.28. The highest BCUT2D eigenvalue weighted by Gasteiger charge is 2.06. The standard InChI is InChI=1S/C18H16Cl2N4O/c1-11-9-17(22-13-5-3-12(19)4-6-13)24-18(21-11)23-14-7-8-16(25-2)15(20)10-14/h3-10H,1-2H3,(H2,21,22,23,24). The van der Waals surface area contributed by atoms with Crippen LogP contribution in [0.5, 0.6) is 5.75 Å². The van der Waals surface area contributed by atoms with Crippen LogP contribution < -0.4 is 15.4 Å². The number of hydrogen-bond acceptors (Lipinski definition) is 5. The molecule has 3 aromatic rings. The van der Waals surface area contributed by atoms with E-state index in [2.05, 4.69) is 20.6 Å². The fourth-order valence-electron chi connectivity index (χ4n) is 2.24. The average Bonchev–Trinajstić information content (AvgIpc) is 2.57. The first-order chi connectivity index (χ1) is 12.0. The lowest BCUT2D eigenvalue weighted by atomic mass is 10.3. The van der Waals surface area contributed by atoms with Gasteiger partial charge in [0.25, 0.3) is 0 Å². The third-order valence-electron chi connectivity index (χ3n) is 3.38. The number of ether oxygens (including phenoxy) is 1. The van der Waals surface area contributed by atoms with Crippen LogP contribution in [0.1, 0.15) is 5.69 Å². The largest absolute Gasteiger partial charge is 0.495 e. The van der Waals surface area contributed by atoms with E-state index in [1.54, 1.807) is 19.2 Å². The van der Waals surface area contributed by atoms with Crippen molar-refractivity contribution in [2.45, 2.75) is 6.92 Å². The van der Waals surface area contributed by atoms with Crippen LogP contribution in [0.15, 0.2) is 48.5 Å². The van der Waals surface area contributed by atoms with E-state index in [4.69, 9.17) is 27.9 Å². The van der Waals surface area contributed by atoms with E-state index in [1.807, 2.05) is 43.3 Å². The Kier molecular flexibility index (Phi) is 5.26. The van der Waals surface area contributed by atoms with Crippen LogP contribution >= 0.6 is 23.2 Å². The number of anilines is 4. The highest BCUT2D eigenvalue weighted by Crippen LogP contribution is 2.28. The van der Waals surface area contributed by atoms with Crippen molar-refractivity contribution in [1.82, 2.24) is 9.97 Å². The number of aromatic nitrogens is 2. The van der Waals surface area contributed by atoms with E-state index in [-0.39, 0.29) is 0 Å². The fourth-order valence-corrected chi connectivity index (χ4v) is 2.63. The Morgan fingerprint density at radius 2 is 1.60 bits per heavy atom. The quantitative estimate of drug-likeness (QED) is 0.609. The van der Waals surface area contributed by atoms with Gasteiger partial charge in [-0.1, -0.05) is 23.2 Å². The molecule has 128 valence electrons. The Morgan fingerprint density at radius 1 is 0.880 bits per heavy atom. The summed E-state index contributed by atoms with van der Waals surface area (Å²) in [6.45, 7) is 1.90. The molecule has 0 saturated carbocycles. The van der Waals surface area contributed by atoms with Gasteiger partial charge in [-0.25, -0.2) is 4.98 Å². The van der Waals surface area contributed by atoms with Crippen LogP contribution in [-0.2, 0) is 0 Å². The van der Waals surface area contributed by atoms with Crippen molar-refractivity contribution in [3.63, 3.8) is 0 Å². The van der Waals surface area contributed by atoms with Crippen molar-refractivity contribution in [2.24, 2.45) is 0 Å². The van der Waals surface area contributed by atoms with Crippen molar-refractivity contribution in [3.8, 4) is 5.75 Å². The van der Waals surface area contributed by atoms with Gasteiger partial charge >= 0.3 is 0 Å². The minimum Gasteiger partial charge on any atom is -0.495 e. The molecule has 25 heavy (non-hydrogen) atoms. The number of benzene rings is 2. The average molecular weight is 375 g/mol. The Bertz CT molecular complexity index is 885. The first kappa shape index (κ1) is 17.3. The van der Waals surface area contributed by atoms with Crippen molar-refractivity contribution in [1.29, 1.82) is 0 Å². The highest BCUT2D eigenvalue weighted by molar-refractivity contribution is 6.32. The molecule has 0 unspecified atom stereocenters. The van der Waals surface area contributed by atoms with Gasteiger partial charge in [0.05, 0.1) is 12.1 Å². The monoisotopic (exact) mass is 374 g/mol. The smallest absolute Gasteiger partial charge is 0.229 e. The van der Waals surface area contributed by atoms with E-state index in [1.165, 1.54) is 0 Å². The SMILES string of the molecule is COc1ccc(Nc2nc(C)cc(Nc3ccc(Cl)cc3)n2)cc1Cl. The lowest BCUT2D eigenvalue weighted by Gasteiger charge is -2.11. The normalized spacial score (nSPS) is 10.4. The lowest BCUT2D eigenvalue weighted by molar-refractivity contribution is 0.415. The number of aryl methyl sites for hydroxylation is 1. The lowest BCUT2D eigenvalue weighted by Crippen LogP contribution is -2.02. The van der Waals surface area contributed by atoms with Crippen molar-refractivity contribution >= 4 is 46.3 Å². The molecule has 1 aromatic heterocycles. The van der Waals surface area contributed by atoms with Crippen LogP contribution in [0.25, 0.3) is 0 Å². The minimum absolute atomic E-state index is 0.470. The maximum absolute atomic E-state index is 6.15. The molecule has 0 spiro atoms. The van der Waals surface area contributed by atoms with E-state index in [0.717, 1.165) is 17.1 Å². The van der Waals surface area contributed by atoms with Gasteiger partial charge < -0.3 is 15.4 Å². The maximum atomic E-state index is 6.15. The highest BCUT2D eigenvalue weighted by atomic mass is 35.5. The van der Waals surface area contributed by atoms with Crippen LogP contribution in [0, 0.1) is 6.92 Å². The number of nitrogens with zero attached hydrogens (tertiary/aromatic N) is 2. The zero-order valence-corrected chi connectivity index (χ0v) is 15.2. The number of methoxy groups -OCH3 is 1. The summed E-state index contributed by atoms with van der Waals surface area (Å²) in [6.07, 6.45) is 0. The van der Waals surface area contributed by atoms with Gasteiger partial charge in [-0.2, -0.15) is 4.98 Å². The summed E-state index contributed by atoms with van der Waals surface area (Å²) in [5.74, 6) is 1.76. The molecule has 1 heterocycles. The summed E-state index contributed by atoms with van der Waals surface area (Å²) in [7, 11) is 1.58. The Labute approximate surface area is 156 Å². The molecule has 0 amide bonds. The molecular weight excluding hydrogens is 359 g/mol. The minimum atomic E-state index is 0.470. The van der Waals surface area contributed by atoms with E-state index >= 15 is 0 Å². The van der Waals surface area contributed by atoms with Crippen LogP contribution in [0.3, 0.4) is 0 Å². The second kappa shape index (κ2) is 7.59. The topological polar surface area (TPSA) is 59.1 Å². The van der Waals surface area contributed by atoms with Gasteiger partial charge in [-0.15, -0.1) is 0 Å². The number of nitrogens with one attached hydrogen (secondary N) is 2. The van der Waals surface area contributed by atoms with E-state index in [9.17, 15) is 0 Å². The van der Waals surface area contributed by atoms with Crippen LogP contribution in [0.4, 0.5) is 23.1 Å². The molecule has 3 rings (SSSR count). The maximum Gasteiger partial charge on any atom is 0.229 e. The third kappa shape index (κ3) is 4.53. The summed E-state index contributed by atoms with van der Waals surface area (Å²) in [4.78, 5) is 8.88. The second-order valence-corrected chi connectivity index (χ2v) is 6.17. The van der Waals surface area contributed by atoms with Crippen LogP contribution in [-0.4, -0.2) is 17.1 Å².